The Morgan fingerprint density at radius 1 is 1.19 bits per heavy atom. The zero-order valence-electron chi connectivity index (χ0n) is 18.2. The summed E-state index contributed by atoms with van der Waals surface area (Å²) in [6.45, 7) is 5.51. The van der Waals surface area contributed by atoms with Gasteiger partial charge in [-0.25, -0.2) is 4.98 Å². The molecule has 32 heavy (non-hydrogen) atoms. The lowest BCUT2D eigenvalue weighted by Gasteiger charge is -2.23. The molecule has 0 bridgehead atoms. The molecular formula is C25H31N3O4. The number of benzene rings is 2. The monoisotopic (exact) mass is 437 g/mol. The zero-order valence-corrected chi connectivity index (χ0v) is 18.2. The van der Waals surface area contributed by atoms with E-state index in [0.717, 1.165) is 11.1 Å². The van der Waals surface area contributed by atoms with E-state index in [4.69, 9.17) is 10.5 Å². The predicted octanol–water partition coefficient (Wildman–Crippen LogP) is 3.15. The van der Waals surface area contributed by atoms with Crippen molar-refractivity contribution >= 4 is 0 Å². The second kappa shape index (κ2) is 11.1. The van der Waals surface area contributed by atoms with E-state index < -0.39 is 18.2 Å². The summed E-state index contributed by atoms with van der Waals surface area (Å²) in [5.74, 6) is 1.10. The molecule has 3 aromatic rings. The lowest BCUT2D eigenvalue weighted by atomic mass is 9.97. The summed E-state index contributed by atoms with van der Waals surface area (Å²) in [4.78, 5) is 4.20. The number of aromatic nitrogens is 2. The van der Waals surface area contributed by atoms with Gasteiger partial charge in [0.1, 0.15) is 24.3 Å². The van der Waals surface area contributed by atoms with Crippen molar-refractivity contribution in [2.24, 2.45) is 5.73 Å². The Kier molecular flexibility index (Phi) is 8.19. The summed E-state index contributed by atoms with van der Waals surface area (Å²) in [5.41, 5.74) is 8.35. The van der Waals surface area contributed by atoms with Gasteiger partial charge in [0.25, 0.3) is 0 Å². The minimum atomic E-state index is -0.805. The molecule has 0 radical (unpaired) electrons. The summed E-state index contributed by atoms with van der Waals surface area (Å²) in [5, 5.41) is 30.2. The van der Waals surface area contributed by atoms with Gasteiger partial charge in [-0.15, -0.1) is 6.58 Å². The topological polar surface area (TPSA) is 114 Å². The van der Waals surface area contributed by atoms with E-state index in [-0.39, 0.29) is 19.3 Å². The van der Waals surface area contributed by atoms with Crippen LogP contribution in [0.4, 0.5) is 0 Å². The summed E-state index contributed by atoms with van der Waals surface area (Å²) < 4.78 is 7.74. The van der Waals surface area contributed by atoms with Crippen molar-refractivity contribution < 1.29 is 20.1 Å². The van der Waals surface area contributed by atoms with Crippen LogP contribution in [0, 0.1) is 0 Å². The van der Waals surface area contributed by atoms with Gasteiger partial charge in [-0.2, -0.15) is 0 Å². The van der Waals surface area contributed by atoms with Crippen LogP contribution < -0.4 is 10.5 Å². The number of hydrogen-bond acceptors (Lipinski definition) is 6. The van der Waals surface area contributed by atoms with Crippen LogP contribution in [0.3, 0.4) is 0 Å². The van der Waals surface area contributed by atoms with Crippen molar-refractivity contribution in [2.75, 3.05) is 13.2 Å². The van der Waals surface area contributed by atoms with Crippen molar-refractivity contribution in [1.82, 2.24) is 9.55 Å². The zero-order chi connectivity index (χ0) is 23.1. The van der Waals surface area contributed by atoms with Crippen LogP contribution in [0.1, 0.15) is 43.0 Å². The number of aliphatic hydroxyl groups is 3. The second-order valence-corrected chi connectivity index (χ2v) is 7.80. The molecule has 4 atom stereocenters. The van der Waals surface area contributed by atoms with Crippen molar-refractivity contribution in [3.8, 4) is 16.9 Å². The highest BCUT2D eigenvalue weighted by atomic mass is 16.5. The van der Waals surface area contributed by atoms with Crippen LogP contribution in [0.2, 0.25) is 0 Å². The van der Waals surface area contributed by atoms with Crippen LogP contribution in [-0.2, 0) is 0 Å². The van der Waals surface area contributed by atoms with Gasteiger partial charge in [0.05, 0.1) is 24.8 Å². The van der Waals surface area contributed by atoms with Crippen LogP contribution in [-0.4, -0.2) is 44.1 Å². The molecule has 1 heterocycles. The Bertz CT molecular complexity index is 1000. The Labute approximate surface area is 188 Å². The number of aliphatic hydroxyl groups excluding tert-OH is 3. The number of nitrogens with zero attached hydrogens (tertiary/aromatic N) is 2. The highest BCUT2D eigenvalue weighted by Gasteiger charge is 2.21. The molecule has 3 rings (SSSR count). The molecule has 0 aliphatic rings. The number of nitrogens with two attached hydrogens (primary N) is 1. The molecule has 170 valence electrons. The fourth-order valence-electron chi connectivity index (χ4n) is 3.59. The third kappa shape index (κ3) is 5.63. The van der Waals surface area contributed by atoms with E-state index in [0.29, 0.717) is 23.6 Å². The summed E-state index contributed by atoms with van der Waals surface area (Å²) in [6, 6.07) is 14.6. The van der Waals surface area contributed by atoms with Gasteiger partial charge >= 0.3 is 0 Å². The van der Waals surface area contributed by atoms with E-state index >= 15 is 0 Å². The van der Waals surface area contributed by atoms with E-state index in [1.165, 1.54) is 0 Å². The first-order valence-electron chi connectivity index (χ1n) is 10.6. The fraction of sp³-hybridized carbons (Fsp3) is 0.320. The van der Waals surface area contributed by atoms with Gasteiger partial charge in [0, 0.05) is 24.4 Å². The molecular weight excluding hydrogens is 406 g/mol. The first-order chi connectivity index (χ1) is 15.4. The fourth-order valence-corrected chi connectivity index (χ4v) is 3.59. The lowest BCUT2D eigenvalue weighted by Crippen LogP contribution is -2.31. The van der Waals surface area contributed by atoms with Crippen molar-refractivity contribution in [2.45, 2.75) is 37.6 Å². The van der Waals surface area contributed by atoms with Crippen molar-refractivity contribution in [3.05, 3.63) is 85.0 Å². The Morgan fingerprint density at radius 2 is 1.94 bits per heavy atom. The number of allylic oxidation sites excluding steroid dienone is 1. The maximum absolute atomic E-state index is 11.0. The van der Waals surface area contributed by atoms with E-state index in [9.17, 15) is 15.3 Å². The molecule has 7 heteroatoms. The van der Waals surface area contributed by atoms with Crippen LogP contribution in [0.15, 0.2) is 73.6 Å². The number of ether oxygens (including phenoxy) is 1. The van der Waals surface area contributed by atoms with Crippen LogP contribution in [0.25, 0.3) is 11.1 Å². The van der Waals surface area contributed by atoms with Gasteiger partial charge in [0.15, 0.2) is 0 Å². The van der Waals surface area contributed by atoms with Gasteiger partial charge in [-0.3, -0.25) is 0 Å². The highest BCUT2D eigenvalue weighted by Crippen LogP contribution is 2.35. The van der Waals surface area contributed by atoms with Crippen LogP contribution in [0.5, 0.6) is 5.75 Å². The standard InChI is InChI=1S/C25H31N3O4/c1-3-21(28-12-11-27-25(28)17(2)30)14-23(31)19-9-10-22(18-7-5-4-6-8-18)24(13-19)32-16-20(26)15-29/h3-13,17,20-21,23,29-31H,1,14-16,26H2,2H3/t17-,20?,21?,23?/m0/s1. The third-order valence-corrected chi connectivity index (χ3v) is 5.33. The predicted molar refractivity (Wildman–Crippen MR) is 124 cm³/mol. The van der Waals surface area contributed by atoms with Gasteiger partial charge < -0.3 is 30.4 Å². The van der Waals surface area contributed by atoms with E-state index in [1.54, 1.807) is 31.5 Å². The average Bonchev–Trinajstić information content (AvgIpc) is 3.31. The lowest BCUT2D eigenvalue weighted by molar-refractivity contribution is 0.146. The molecule has 0 aliphatic heterocycles. The molecule has 0 aliphatic carbocycles. The molecule has 5 N–H and O–H groups in total. The first kappa shape index (κ1) is 23.7. The second-order valence-electron chi connectivity index (χ2n) is 7.80. The van der Waals surface area contributed by atoms with Crippen LogP contribution >= 0.6 is 0 Å². The summed E-state index contributed by atoms with van der Waals surface area (Å²) in [7, 11) is 0. The van der Waals surface area contributed by atoms with E-state index in [1.807, 2.05) is 47.0 Å². The maximum Gasteiger partial charge on any atom is 0.137 e. The number of rotatable bonds is 11. The normalized spacial score (nSPS) is 15.0. The molecule has 0 saturated heterocycles. The quantitative estimate of drug-likeness (QED) is 0.343. The minimum Gasteiger partial charge on any atom is -0.491 e. The average molecular weight is 438 g/mol. The molecule has 0 spiro atoms. The molecule has 3 unspecified atom stereocenters. The molecule has 7 nitrogen and oxygen atoms in total. The maximum atomic E-state index is 11.0. The van der Waals surface area contributed by atoms with Crippen molar-refractivity contribution in [1.29, 1.82) is 0 Å². The largest absolute Gasteiger partial charge is 0.491 e. The highest BCUT2D eigenvalue weighted by molar-refractivity contribution is 5.71. The molecule has 0 amide bonds. The smallest absolute Gasteiger partial charge is 0.137 e. The first-order valence-corrected chi connectivity index (χ1v) is 10.6. The van der Waals surface area contributed by atoms with Crippen molar-refractivity contribution in [3.63, 3.8) is 0 Å². The van der Waals surface area contributed by atoms with Gasteiger partial charge in [-0.05, 0) is 24.1 Å². The Balaban J connectivity index is 1.87. The Morgan fingerprint density at radius 3 is 2.59 bits per heavy atom. The Hall–Kier alpha value is -2.97. The summed E-state index contributed by atoms with van der Waals surface area (Å²) >= 11 is 0. The molecule has 1 aromatic heterocycles. The third-order valence-electron chi connectivity index (χ3n) is 5.33. The van der Waals surface area contributed by atoms with E-state index in [2.05, 4.69) is 11.6 Å². The molecule has 2 aromatic carbocycles. The molecule has 0 saturated carbocycles. The number of imidazole rings is 1. The van der Waals surface area contributed by atoms with Gasteiger partial charge in [-0.1, -0.05) is 48.5 Å². The molecule has 0 fully saturated rings. The minimum absolute atomic E-state index is 0.151. The summed E-state index contributed by atoms with van der Waals surface area (Å²) in [6.07, 6.45) is 3.93. The van der Waals surface area contributed by atoms with Gasteiger partial charge in [0.2, 0.25) is 0 Å². The SMILES string of the molecule is C=CC(CC(O)c1ccc(-c2ccccc2)c(OCC(N)CO)c1)n1ccnc1[C@H](C)O. The number of hydrogen-bond donors (Lipinski definition) is 4.